The van der Waals surface area contributed by atoms with Gasteiger partial charge in [0.15, 0.2) is 0 Å². The van der Waals surface area contributed by atoms with Gasteiger partial charge in [0, 0.05) is 45.1 Å². The number of hydrogen-bond donors (Lipinski definition) is 1. The topological polar surface area (TPSA) is 65.5 Å². The van der Waals surface area contributed by atoms with Crippen LogP contribution in [0.2, 0.25) is 0 Å². The highest BCUT2D eigenvalue weighted by Gasteiger charge is 2.38. The van der Waals surface area contributed by atoms with Gasteiger partial charge in [0.25, 0.3) is 10.2 Å². The van der Waals surface area contributed by atoms with Crippen LogP contribution in [0, 0.1) is 0 Å². The summed E-state index contributed by atoms with van der Waals surface area (Å²) in [4.78, 5) is 4.11. The molecule has 1 aromatic heterocycles. The molecular weight excluding hydrogens is 276 g/mol. The third kappa shape index (κ3) is 2.58. The third-order valence-corrected chi connectivity index (χ3v) is 6.00. The van der Waals surface area contributed by atoms with Crippen LogP contribution in [0.4, 0.5) is 0 Å². The smallest absolute Gasteiger partial charge is 0.282 e. The average molecular weight is 296 g/mol. The van der Waals surface area contributed by atoms with Crippen LogP contribution in [0.1, 0.15) is 24.4 Å². The number of hydrogen-bond acceptors (Lipinski definition) is 4. The van der Waals surface area contributed by atoms with Gasteiger partial charge in [-0.2, -0.15) is 17.0 Å². The number of nitrogens with one attached hydrogen (secondary N) is 1. The van der Waals surface area contributed by atoms with E-state index < -0.39 is 10.2 Å². The molecule has 110 valence electrons. The van der Waals surface area contributed by atoms with Gasteiger partial charge in [0.2, 0.25) is 0 Å². The second kappa shape index (κ2) is 5.77. The van der Waals surface area contributed by atoms with Gasteiger partial charge < -0.3 is 5.32 Å². The Morgan fingerprint density at radius 1 is 1.25 bits per heavy atom. The number of piperazine rings is 1. The zero-order chi connectivity index (χ0) is 14.0. The molecule has 6 nitrogen and oxygen atoms in total. The van der Waals surface area contributed by atoms with Gasteiger partial charge in [-0.25, -0.2) is 0 Å². The first-order valence-corrected chi connectivity index (χ1v) is 8.47. The first kappa shape index (κ1) is 13.9. The minimum atomic E-state index is -3.36. The van der Waals surface area contributed by atoms with Crippen LogP contribution in [-0.2, 0) is 10.2 Å². The van der Waals surface area contributed by atoms with Crippen molar-refractivity contribution in [3.05, 3.63) is 30.1 Å². The highest BCUT2D eigenvalue weighted by atomic mass is 32.2. The second-order valence-electron chi connectivity index (χ2n) is 5.23. The summed E-state index contributed by atoms with van der Waals surface area (Å²) >= 11 is 0. The molecule has 0 aliphatic carbocycles. The van der Waals surface area contributed by atoms with Crippen molar-refractivity contribution < 1.29 is 8.42 Å². The molecule has 1 aromatic rings. The Morgan fingerprint density at radius 3 is 2.75 bits per heavy atom. The molecule has 1 N–H and O–H groups in total. The Labute approximate surface area is 120 Å². The van der Waals surface area contributed by atoms with Crippen molar-refractivity contribution in [3.8, 4) is 0 Å². The molecule has 0 amide bonds. The predicted molar refractivity (Wildman–Crippen MR) is 76.3 cm³/mol. The molecule has 7 heteroatoms. The highest BCUT2D eigenvalue weighted by molar-refractivity contribution is 7.86. The van der Waals surface area contributed by atoms with E-state index in [0.717, 1.165) is 18.4 Å². The minimum Gasteiger partial charge on any atom is -0.313 e. The fourth-order valence-corrected chi connectivity index (χ4v) is 4.74. The molecule has 1 unspecified atom stereocenters. The molecule has 0 saturated carbocycles. The molecule has 0 radical (unpaired) electrons. The largest absolute Gasteiger partial charge is 0.313 e. The van der Waals surface area contributed by atoms with Crippen molar-refractivity contribution in [2.45, 2.75) is 18.9 Å². The van der Waals surface area contributed by atoms with Gasteiger partial charge in [0.1, 0.15) is 0 Å². The van der Waals surface area contributed by atoms with Crippen LogP contribution in [0.25, 0.3) is 0 Å². The Kier molecular flexibility index (Phi) is 4.02. The van der Waals surface area contributed by atoms with Gasteiger partial charge in [0.05, 0.1) is 6.04 Å². The lowest BCUT2D eigenvalue weighted by Gasteiger charge is -2.37. The zero-order valence-corrected chi connectivity index (χ0v) is 12.2. The lowest BCUT2D eigenvalue weighted by Crippen LogP contribution is -2.52. The maximum atomic E-state index is 12.8. The Bertz CT molecular complexity index is 543. The second-order valence-corrected chi connectivity index (χ2v) is 7.11. The standard InChI is InChI=1S/C13H20N4O2S/c18-20(19,16-7-1-2-8-16)17-9-6-15-11-13(17)12-4-3-5-14-10-12/h3-5,10,13,15H,1-2,6-9,11H2. The summed E-state index contributed by atoms with van der Waals surface area (Å²) in [6, 6.07) is 3.63. The summed E-state index contributed by atoms with van der Waals surface area (Å²) < 4.78 is 28.8. The summed E-state index contributed by atoms with van der Waals surface area (Å²) in [5.74, 6) is 0. The number of pyridine rings is 1. The molecule has 20 heavy (non-hydrogen) atoms. The van der Waals surface area contributed by atoms with E-state index in [2.05, 4.69) is 10.3 Å². The van der Waals surface area contributed by atoms with Crippen LogP contribution in [0.5, 0.6) is 0 Å². The zero-order valence-electron chi connectivity index (χ0n) is 11.4. The molecule has 2 saturated heterocycles. The van der Waals surface area contributed by atoms with Gasteiger partial charge in [-0.05, 0) is 24.5 Å². The van der Waals surface area contributed by atoms with Crippen LogP contribution in [-0.4, -0.2) is 54.7 Å². The van der Waals surface area contributed by atoms with Crippen molar-refractivity contribution in [2.24, 2.45) is 0 Å². The third-order valence-electron chi connectivity index (χ3n) is 3.95. The number of nitrogens with zero attached hydrogens (tertiary/aromatic N) is 3. The van der Waals surface area contributed by atoms with Crippen LogP contribution in [0.15, 0.2) is 24.5 Å². The fourth-order valence-electron chi connectivity index (χ4n) is 2.89. The minimum absolute atomic E-state index is 0.164. The van der Waals surface area contributed by atoms with E-state index in [9.17, 15) is 8.42 Å². The van der Waals surface area contributed by atoms with Gasteiger partial charge >= 0.3 is 0 Å². The normalized spacial score (nSPS) is 25.9. The predicted octanol–water partition coefficient (Wildman–Crippen LogP) is 0.369. The maximum Gasteiger partial charge on any atom is 0.282 e. The van der Waals surface area contributed by atoms with Gasteiger partial charge in [-0.3, -0.25) is 4.98 Å². The lowest BCUT2D eigenvalue weighted by atomic mass is 10.1. The molecule has 2 aliphatic rings. The Balaban J connectivity index is 1.89. The van der Waals surface area contributed by atoms with E-state index in [4.69, 9.17) is 0 Å². The first-order valence-electron chi connectivity index (χ1n) is 7.07. The Hall–Kier alpha value is -1.02. The van der Waals surface area contributed by atoms with E-state index in [1.165, 1.54) is 0 Å². The van der Waals surface area contributed by atoms with Crippen LogP contribution >= 0.6 is 0 Å². The summed E-state index contributed by atoms with van der Waals surface area (Å²) in [6.07, 6.45) is 5.38. The summed E-state index contributed by atoms with van der Waals surface area (Å²) in [7, 11) is -3.36. The summed E-state index contributed by atoms with van der Waals surface area (Å²) in [5.41, 5.74) is 0.947. The molecule has 3 rings (SSSR count). The molecule has 1 atom stereocenters. The highest BCUT2D eigenvalue weighted by Crippen LogP contribution is 2.27. The van der Waals surface area contributed by atoms with Crippen molar-refractivity contribution >= 4 is 10.2 Å². The Morgan fingerprint density at radius 2 is 2.05 bits per heavy atom. The number of aromatic nitrogens is 1. The number of rotatable bonds is 3. The quantitative estimate of drug-likeness (QED) is 0.875. The van der Waals surface area contributed by atoms with Gasteiger partial charge in [-0.1, -0.05) is 6.07 Å². The molecule has 2 fully saturated rings. The van der Waals surface area contributed by atoms with E-state index >= 15 is 0 Å². The summed E-state index contributed by atoms with van der Waals surface area (Å²) in [6.45, 7) is 3.14. The van der Waals surface area contributed by atoms with E-state index in [1.54, 1.807) is 21.0 Å². The lowest BCUT2D eigenvalue weighted by molar-refractivity contribution is 0.252. The van der Waals surface area contributed by atoms with E-state index in [-0.39, 0.29) is 6.04 Å². The average Bonchev–Trinajstić information content (AvgIpc) is 3.03. The van der Waals surface area contributed by atoms with Crippen LogP contribution in [0.3, 0.4) is 0 Å². The molecule has 0 spiro atoms. The maximum absolute atomic E-state index is 12.8. The van der Waals surface area contributed by atoms with Gasteiger partial charge in [-0.15, -0.1) is 0 Å². The molecular formula is C13H20N4O2S. The summed E-state index contributed by atoms with van der Waals surface area (Å²) in [5, 5.41) is 3.27. The fraction of sp³-hybridized carbons (Fsp3) is 0.615. The van der Waals surface area contributed by atoms with Crippen molar-refractivity contribution in [3.63, 3.8) is 0 Å². The molecule has 2 aliphatic heterocycles. The van der Waals surface area contributed by atoms with E-state index in [1.807, 2.05) is 12.1 Å². The molecule has 0 bridgehead atoms. The molecule has 0 aromatic carbocycles. The van der Waals surface area contributed by atoms with Crippen LogP contribution < -0.4 is 5.32 Å². The van der Waals surface area contributed by atoms with Crippen molar-refractivity contribution in [1.82, 2.24) is 18.9 Å². The SMILES string of the molecule is O=S(=O)(N1CCCC1)N1CCNCC1c1cccnc1. The van der Waals surface area contributed by atoms with E-state index in [0.29, 0.717) is 32.7 Å². The van der Waals surface area contributed by atoms with Crippen molar-refractivity contribution in [1.29, 1.82) is 0 Å². The van der Waals surface area contributed by atoms with Crippen molar-refractivity contribution in [2.75, 3.05) is 32.7 Å². The molecule has 3 heterocycles. The first-order chi connectivity index (χ1) is 9.69. The monoisotopic (exact) mass is 296 g/mol.